The molecule has 0 amide bonds. The molecule has 1 aromatic rings. The van der Waals surface area contributed by atoms with E-state index in [9.17, 15) is 0 Å². The van der Waals surface area contributed by atoms with Crippen molar-refractivity contribution < 1.29 is 4.74 Å². The Morgan fingerprint density at radius 3 is 2.71 bits per heavy atom. The van der Waals surface area contributed by atoms with E-state index in [1.54, 1.807) is 7.11 Å². The van der Waals surface area contributed by atoms with Gasteiger partial charge in [0.25, 0.3) is 0 Å². The molecule has 0 saturated carbocycles. The molecule has 0 aromatic carbocycles. The van der Waals surface area contributed by atoms with Gasteiger partial charge in [0.2, 0.25) is 0 Å². The highest BCUT2D eigenvalue weighted by Crippen LogP contribution is 2.27. The maximum atomic E-state index is 5.44. The normalized spacial score (nSPS) is 24.2. The number of piperidine rings is 1. The highest BCUT2D eigenvalue weighted by molar-refractivity contribution is 5.19. The molecule has 1 saturated heterocycles. The highest BCUT2D eigenvalue weighted by atomic mass is 16.5. The van der Waals surface area contributed by atoms with Gasteiger partial charge in [0.15, 0.2) is 0 Å². The summed E-state index contributed by atoms with van der Waals surface area (Å²) in [6.07, 6.45) is 5.15. The average molecular weight is 293 g/mol. The molecule has 0 bridgehead atoms. The first-order valence-corrected chi connectivity index (χ1v) is 8.13. The van der Waals surface area contributed by atoms with Crippen LogP contribution in [0, 0.1) is 0 Å². The molecule has 3 rings (SSSR count). The fourth-order valence-electron chi connectivity index (χ4n) is 3.58. The minimum atomic E-state index is 0.261. The van der Waals surface area contributed by atoms with Crippen molar-refractivity contribution >= 4 is 0 Å². The summed E-state index contributed by atoms with van der Waals surface area (Å²) in [5, 5.41) is 8.57. The smallest absolute Gasteiger partial charge is 0.105 e. The van der Waals surface area contributed by atoms with Crippen LogP contribution in [-0.4, -0.2) is 71.2 Å². The van der Waals surface area contributed by atoms with E-state index in [2.05, 4.69) is 20.1 Å². The van der Waals surface area contributed by atoms with E-state index in [4.69, 9.17) is 4.74 Å². The summed E-state index contributed by atoms with van der Waals surface area (Å²) in [6.45, 7) is 6.57. The maximum Gasteiger partial charge on any atom is 0.105 e. The van der Waals surface area contributed by atoms with Gasteiger partial charge >= 0.3 is 0 Å². The molecule has 1 aromatic heterocycles. The van der Waals surface area contributed by atoms with Crippen LogP contribution in [0.5, 0.6) is 0 Å². The molecule has 118 valence electrons. The van der Waals surface area contributed by atoms with Gasteiger partial charge in [0.1, 0.15) is 5.69 Å². The van der Waals surface area contributed by atoms with Crippen molar-refractivity contribution in [2.75, 3.05) is 46.4 Å². The van der Waals surface area contributed by atoms with E-state index >= 15 is 0 Å². The molecule has 0 radical (unpaired) electrons. The zero-order chi connectivity index (χ0) is 14.7. The zero-order valence-corrected chi connectivity index (χ0v) is 13.3. The van der Waals surface area contributed by atoms with Crippen molar-refractivity contribution in [3.63, 3.8) is 0 Å². The fraction of sp³-hybridized carbons (Fsp3) is 0.867. The molecule has 0 spiro atoms. The Morgan fingerprint density at radius 1 is 1.14 bits per heavy atom. The van der Waals surface area contributed by atoms with Crippen LogP contribution in [0.15, 0.2) is 0 Å². The van der Waals surface area contributed by atoms with E-state index in [1.165, 1.54) is 38.0 Å². The number of hydrogen-bond donors (Lipinski definition) is 0. The van der Waals surface area contributed by atoms with Gasteiger partial charge in [0.05, 0.1) is 18.3 Å². The molecule has 6 heteroatoms. The van der Waals surface area contributed by atoms with Crippen molar-refractivity contribution in [3.05, 3.63) is 11.4 Å². The molecule has 1 atom stereocenters. The summed E-state index contributed by atoms with van der Waals surface area (Å²) in [4.78, 5) is 5.12. The molecule has 0 aliphatic carbocycles. The van der Waals surface area contributed by atoms with Gasteiger partial charge in [-0.25, -0.2) is 0 Å². The third-order valence-corrected chi connectivity index (χ3v) is 4.84. The number of ether oxygens (including phenoxy) is 1. The molecule has 2 aliphatic heterocycles. The highest BCUT2D eigenvalue weighted by Gasteiger charge is 2.31. The summed E-state index contributed by atoms with van der Waals surface area (Å²) < 4.78 is 7.35. The lowest BCUT2D eigenvalue weighted by Gasteiger charge is -2.36. The SMILES string of the molecule is COCC1c2nnn(C)c2CCN1CCN1CCCCC1. The quantitative estimate of drug-likeness (QED) is 0.805. The second kappa shape index (κ2) is 6.85. The summed E-state index contributed by atoms with van der Waals surface area (Å²) >= 11 is 0. The number of rotatable bonds is 5. The molecule has 2 aliphatic rings. The first-order valence-electron chi connectivity index (χ1n) is 8.13. The molecule has 21 heavy (non-hydrogen) atoms. The van der Waals surface area contributed by atoms with Crippen LogP contribution in [0.25, 0.3) is 0 Å². The molecular weight excluding hydrogens is 266 g/mol. The molecule has 6 nitrogen and oxygen atoms in total. The van der Waals surface area contributed by atoms with Gasteiger partial charge in [-0.2, -0.15) is 0 Å². The number of nitrogens with zero attached hydrogens (tertiary/aromatic N) is 5. The third-order valence-electron chi connectivity index (χ3n) is 4.84. The molecule has 0 N–H and O–H groups in total. The minimum Gasteiger partial charge on any atom is -0.383 e. The lowest BCUT2D eigenvalue weighted by molar-refractivity contribution is 0.0696. The number of aryl methyl sites for hydroxylation is 1. The number of likely N-dealkylation sites (tertiary alicyclic amines) is 1. The van der Waals surface area contributed by atoms with Crippen molar-refractivity contribution in [1.82, 2.24) is 24.8 Å². The topological polar surface area (TPSA) is 46.4 Å². The Balaban J connectivity index is 1.64. The molecule has 3 heterocycles. The van der Waals surface area contributed by atoms with E-state index in [1.807, 2.05) is 11.7 Å². The van der Waals surface area contributed by atoms with Crippen LogP contribution in [0.1, 0.15) is 36.7 Å². The molecule has 1 fully saturated rings. The van der Waals surface area contributed by atoms with Gasteiger partial charge in [0, 0.05) is 40.2 Å². The zero-order valence-electron chi connectivity index (χ0n) is 13.3. The molecule has 1 unspecified atom stereocenters. The second-order valence-electron chi connectivity index (χ2n) is 6.20. The fourth-order valence-corrected chi connectivity index (χ4v) is 3.58. The maximum absolute atomic E-state index is 5.44. The van der Waals surface area contributed by atoms with Crippen LogP contribution >= 0.6 is 0 Å². The largest absolute Gasteiger partial charge is 0.383 e. The van der Waals surface area contributed by atoms with E-state index in [0.717, 1.165) is 31.7 Å². The standard InChI is InChI=1S/C15H27N5O/c1-18-13-6-9-20(11-10-19-7-4-3-5-8-19)14(12-21-2)15(13)16-17-18/h14H,3-12H2,1-2H3. The van der Waals surface area contributed by atoms with Crippen molar-refractivity contribution in [2.45, 2.75) is 31.7 Å². The number of fused-ring (bicyclic) bond motifs is 1. The lowest BCUT2D eigenvalue weighted by atomic mass is 10.0. The number of aromatic nitrogens is 3. The van der Waals surface area contributed by atoms with E-state index < -0.39 is 0 Å². The first-order chi connectivity index (χ1) is 10.3. The Morgan fingerprint density at radius 2 is 1.95 bits per heavy atom. The summed E-state index contributed by atoms with van der Waals surface area (Å²) in [6, 6.07) is 0.261. The Hall–Kier alpha value is -0.980. The second-order valence-corrected chi connectivity index (χ2v) is 6.20. The minimum absolute atomic E-state index is 0.261. The van der Waals surface area contributed by atoms with Gasteiger partial charge in [-0.1, -0.05) is 11.6 Å². The Bertz CT molecular complexity index is 455. The van der Waals surface area contributed by atoms with Gasteiger partial charge in [-0.3, -0.25) is 9.58 Å². The van der Waals surface area contributed by atoms with Crippen LogP contribution in [0.4, 0.5) is 0 Å². The van der Waals surface area contributed by atoms with Crippen molar-refractivity contribution in [3.8, 4) is 0 Å². The predicted molar refractivity (Wildman–Crippen MR) is 81.2 cm³/mol. The Kier molecular flexibility index (Phi) is 4.87. The van der Waals surface area contributed by atoms with Crippen molar-refractivity contribution in [2.24, 2.45) is 7.05 Å². The predicted octanol–water partition coefficient (Wildman–Crippen LogP) is 0.847. The molecular formula is C15H27N5O. The summed E-state index contributed by atoms with van der Waals surface area (Å²) in [5.41, 5.74) is 2.38. The third kappa shape index (κ3) is 3.27. The number of methoxy groups -OCH3 is 1. The average Bonchev–Trinajstić information content (AvgIpc) is 2.89. The van der Waals surface area contributed by atoms with Crippen LogP contribution < -0.4 is 0 Å². The summed E-state index contributed by atoms with van der Waals surface area (Å²) in [7, 11) is 3.76. The number of hydrogen-bond acceptors (Lipinski definition) is 5. The van der Waals surface area contributed by atoms with E-state index in [0.29, 0.717) is 6.61 Å². The monoisotopic (exact) mass is 293 g/mol. The van der Waals surface area contributed by atoms with E-state index in [-0.39, 0.29) is 6.04 Å². The van der Waals surface area contributed by atoms with Gasteiger partial charge in [-0.15, -0.1) is 5.10 Å². The van der Waals surface area contributed by atoms with Crippen LogP contribution in [-0.2, 0) is 18.2 Å². The lowest BCUT2D eigenvalue weighted by Crippen LogP contribution is -2.43. The Labute approximate surface area is 127 Å². The van der Waals surface area contributed by atoms with Gasteiger partial charge in [-0.05, 0) is 25.9 Å². The van der Waals surface area contributed by atoms with Crippen LogP contribution in [0.3, 0.4) is 0 Å². The first kappa shape index (κ1) is 14.9. The summed E-state index contributed by atoms with van der Waals surface area (Å²) in [5.74, 6) is 0. The van der Waals surface area contributed by atoms with Gasteiger partial charge < -0.3 is 9.64 Å². The van der Waals surface area contributed by atoms with Crippen LogP contribution in [0.2, 0.25) is 0 Å². The van der Waals surface area contributed by atoms with Crippen molar-refractivity contribution in [1.29, 1.82) is 0 Å².